The van der Waals surface area contributed by atoms with E-state index in [4.69, 9.17) is 16.7 Å². The van der Waals surface area contributed by atoms with Crippen LogP contribution in [-0.4, -0.2) is 25.8 Å². The number of alkyl halides is 1. The van der Waals surface area contributed by atoms with Crippen LogP contribution in [0.2, 0.25) is 18.6 Å². The Morgan fingerprint density at radius 1 is 1.64 bits per heavy atom. The first kappa shape index (κ1) is 13.8. The molecule has 0 aromatic rings. The molecule has 1 atom stereocenters. The third-order valence-corrected chi connectivity index (χ3v) is 3.99. The molecule has 5 heteroatoms. The predicted octanol–water partition coefficient (Wildman–Crippen LogP) is 1.98. The Morgan fingerprint density at radius 2 is 2.09 bits per heavy atom. The van der Waals surface area contributed by atoms with E-state index in [1.807, 2.05) is 13.1 Å². The molecule has 0 radical (unpaired) electrons. The zero-order chi connectivity index (χ0) is 8.15. The lowest BCUT2D eigenvalue weighted by Crippen LogP contribution is -2.21. The van der Waals surface area contributed by atoms with Crippen LogP contribution in [0.1, 0.15) is 6.42 Å². The van der Waals surface area contributed by atoms with Crippen LogP contribution >= 0.6 is 24.0 Å². The first-order valence-electron chi connectivity index (χ1n) is 3.38. The van der Waals surface area contributed by atoms with Crippen LogP contribution in [-0.2, 0) is 4.79 Å². The molecule has 0 saturated carbocycles. The molecule has 0 bridgehead atoms. The first-order chi connectivity index (χ1) is 4.59. The minimum Gasteiger partial charge on any atom is -0.481 e. The molecule has 0 amide bonds. The average Bonchev–Trinajstić information content (AvgIpc) is 1.81. The molecule has 0 spiro atoms. The maximum absolute atomic E-state index is 10.5. The molecular weight excluding hydrogens is 203 g/mol. The van der Waals surface area contributed by atoms with Gasteiger partial charge in [-0.2, -0.15) is 0 Å². The van der Waals surface area contributed by atoms with Crippen LogP contribution in [0.25, 0.3) is 0 Å². The van der Waals surface area contributed by atoms with E-state index in [0.29, 0.717) is 12.3 Å². The number of carboxylic acids is 1. The van der Waals surface area contributed by atoms with Crippen LogP contribution in [0.3, 0.4) is 0 Å². The number of aliphatic carboxylic acids is 1. The largest absolute Gasteiger partial charge is 0.481 e. The summed E-state index contributed by atoms with van der Waals surface area (Å²) in [5.74, 6) is -0.218. The molecule has 0 aliphatic rings. The Hall–Kier alpha value is 0.267. The molecule has 0 saturated heterocycles. The quantitative estimate of drug-likeness (QED) is 0.577. The highest BCUT2D eigenvalue weighted by atomic mass is 35.5. The van der Waals surface area contributed by atoms with Crippen LogP contribution in [0.15, 0.2) is 0 Å². The third-order valence-electron chi connectivity index (χ3n) is 1.54. The van der Waals surface area contributed by atoms with E-state index in [1.165, 1.54) is 0 Å². The highest BCUT2D eigenvalue weighted by Gasteiger charge is 2.20. The Morgan fingerprint density at radius 3 is 2.18 bits per heavy atom. The van der Waals surface area contributed by atoms with Gasteiger partial charge in [-0.15, -0.1) is 24.0 Å². The second-order valence-electron chi connectivity index (χ2n) is 2.67. The van der Waals surface area contributed by atoms with Gasteiger partial charge in [0.2, 0.25) is 0 Å². The topological polar surface area (TPSA) is 37.3 Å². The summed E-state index contributed by atoms with van der Waals surface area (Å²) in [4.78, 5) is 10.5. The fourth-order valence-electron chi connectivity index (χ4n) is 0.860. The van der Waals surface area contributed by atoms with Crippen molar-refractivity contribution in [3.8, 4) is 0 Å². The molecule has 0 aromatic heterocycles. The summed E-state index contributed by atoms with van der Waals surface area (Å²) in [7, 11) is -1.04. The van der Waals surface area contributed by atoms with Gasteiger partial charge < -0.3 is 5.11 Å². The monoisotopic (exact) mass is 216 g/mol. The van der Waals surface area contributed by atoms with Crippen LogP contribution in [0, 0.1) is 0 Å². The van der Waals surface area contributed by atoms with Crippen molar-refractivity contribution in [3.63, 3.8) is 0 Å². The van der Waals surface area contributed by atoms with Crippen molar-refractivity contribution < 1.29 is 9.90 Å². The van der Waals surface area contributed by atoms with Crippen molar-refractivity contribution in [2.24, 2.45) is 0 Å². The van der Waals surface area contributed by atoms with Gasteiger partial charge in [-0.05, 0) is 6.42 Å². The number of carbonyl (C=O) groups is 1. The second-order valence-corrected chi connectivity index (χ2v) is 6.34. The molecule has 2 nitrogen and oxygen atoms in total. The summed E-state index contributed by atoms with van der Waals surface area (Å²) in [6, 6.07) is 0. The standard InChI is InChI=1S/C6H13ClO2Si.ClH/c1-10(2)5(3-4-7)6(8)9;/h5,10H,3-4H2,1-2H3,(H,8,9);1H. The summed E-state index contributed by atoms with van der Waals surface area (Å²) in [6.45, 7) is 4.07. The molecule has 0 rings (SSSR count). The van der Waals surface area contributed by atoms with E-state index >= 15 is 0 Å². The van der Waals surface area contributed by atoms with Gasteiger partial charge in [0.15, 0.2) is 0 Å². The first-order valence-corrected chi connectivity index (χ1v) is 6.89. The van der Waals surface area contributed by atoms with E-state index in [2.05, 4.69) is 0 Å². The molecular formula is C6H14Cl2O2Si. The molecule has 1 N–H and O–H groups in total. The average molecular weight is 217 g/mol. The van der Waals surface area contributed by atoms with Crippen molar-refractivity contribution in [2.75, 3.05) is 5.88 Å². The van der Waals surface area contributed by atoms with E-state index in [1.54, 1.807) is 0 Å². The van der Waals surface area contributed by atoms with Crippen molar-refractivity contribution in [1.82, 2.24) is 0 Å². The SMILES string of the molecule is C[SiH](C)C(CCCl)C(=O)O.Cl. The fraction of sp³-hybridized carbons (Fsp3) is 0.833. The summed E-state index contributed by atoms with van der Waals surface area (Å²) < 4.78 is 0. The smallest absolute Gasteiger partial charge is 0.303 e. The van der Waals surface area contributed by atoms with Gasteiger partial charge in [0, 0.05) is 20.2 Å². The Bertz CT molecular complexity index is 119. The van der Waals surface area contributed by atoms with Gasteiger partial charge in [0.05, 0.1) is 0 Å². The van der Waals surface area contributed by atoms with Gasteiger partial charge >= 0.3 is 5.97 Å². The van der Waals surface area contributed by atoms with Gasteiger partial charge in [0.25, 0.3) is 0 Å². The molecule has 0 heterocycles. The van der Waals surface area contributed by atoms with Crippen LogP contribution in [0.4, 0.5) is 0 Å². The highest BCUT2D eigenvalue weighted by Crippen LogP contribution is 2.15. The van der Waals surface area contributed by atoms with Gasteiger partial charge in [-0.25, -0.2) is 0 Å². The molecule has 1 unspecified atom stereocenters. The summed E-state index contributed by atoms with van der Waals surface area (Å²) in [5.41, 5.74) is -0.141. The minimum atomic E-state index is -1.04. The Balaban J connectivity index is 0. The number of hydrogen-bond donors (Lipinski definition) is 1. The normalized spacial score (nSPS) is 12.4. The zero-order valence-corrected chi connectivity index (χ0v) is 9.44. The molecule has 11 heavy (non-hydrogen) atoms. The lowest BCUT2D eigenvalue weighted by molar-refractivity contribution is -0.137. The molecule has 0 aliphatic carbocycles. The lowest BCUT2D eigenvalue weighted by atomic mass is 10.3. The van der Waals surface area contributed by atoms with Crippen LogP contribution < -0.4 is 0 Å². The van der Waals surface area contributed by atoms with Crippen molar-refractivity contribution in [2.45, 2.75) is 25.1 Å². The van der Waals surface area contributed by atoms with Crippen molar-refractivity contribution >= 4 is 38.8 Å². The molecule has 0 aromatic carbocycles. The van der Waals surface area contributed by atoms with Crippen molar-refractivity contribution in [1.29, 1.82) is 0 Å². The maximum atomic E-state index is 10.5. The molecule has 68 valence electrons. The summed E-state index contributed by atoms with van der Waals surface area (Å²) in [5, 5.41) is 8.65. The van der Waals surface area contributed by atoms with Gasteiger partial charge in [0.1, 0.15) is 0 Å². The summed E-state index contributed by atoms with van der Waals surface area (Å²) in [6.07, 6.45) is 0.626. The Labute approximate surface area is 80.0 Å². The van der Waals surface area contributed by atoms with E-state index in [-0.39, 0.29) is 17.9 Å². The number of hydrogen-bond acceptors (Lipinski definition) is 1. The van der Waals surface area contributed by atoms with Crippen LogP contribution in [0.5, 0.6) is 0 Å². The predicted molar refractivity (Wildman–Crippen MR) is 52.8 cm³/mol. The zero-order valence-electron chi connectivity index (χ0n) is 6.71. The summed E-state index contributed by atoms with van der Waals surface area (Å²) >= 11 is 5.44. The Kier molecular flexibility index (Phi) is 8.73. The van der Waals surface area contributed by atoms with Gasteiger partial charge in [-0.3, -0.25) is 4.79 Å². The minimum absolute atomic E-state index is 0. The highest BCUT2D eigenvalue weighted by molar-refractivity contribution is 6.61. The van der Waals surface area contributed by atoms with E-state index < -0.39 is 14.8 Å². The van der Waals surface area contributed by atoms with Crippen molar-refractivity contribution in [3.05, 3.63) is 0 Å². The molecule has 0 aliphatic heterocycles. The van der Waals surface area contributed by atoms with Gasteiger partial charge in [-0.1, -0.05) is 13.1 Å². The fourth-order valence-corrected chi connectivity index (χ4v) is 2.71. The van der Waals surface area contributed by atoms with E-state index in [9.17, 15) is 4.79 Å². The molecule has 0 fully saturated rings. The lowest BCUT2D eigenvalue weighted by Gasteiger charge is -2.12. The second kappa shape index (κ2) is 6.95. The number of halogens is 2. The maximum Gasteiger partial charge on any atom is 0.303 e. The number of rotatable bonds is 4. The third kappa shape index (κ3) is 5.53. The van der Waals surface area contributed by atoms with E-state index in [0.717, 1.165) is 0 Å². The number of carboxylic acid groups (broad SMARTS) is 1.